The summed E-state index contributed by atoms with van der Waals surface area (Å²) in [4.78, 5) is 18.9. The first-order valence-electron chi connectivity index (χ1n) is 8.00. The lowest BCUT2D eigenvalue weighted by atomic mass is 10.1. The Kier molecular flexibility index (Phi) is 4.85. The van der Waals surface area contributed by atoms with Gasteiger partial charge in [-0.15, -0.1) is 16.4 Å². The number of carbonyl (C=O) groups excluding carboxylic acids is 1. The zero-order valence-corrected chi connectivity index (χ0v) is 14.3. The fourth-order valence-corrected chi connectivity index (χ4v) is 3.41. The third kappa shape index (κ3) is 3.67. The van der Waals surface area contributed by atoms with Crippen molar-refractivity contribution in [2.45, 2.75) is 39.7 Å². The lowest BCUT2D eigenvalue weighted by Crippen LogP contribution is -2.37. The number of nitrogens with zero attached hydrogens (tertiary/aromatic N) is 4. The average Bonchev–Trinajstić information content (AvgIpc) is 3.02. The lowest BCUT2D eigenvalue weighted by Gasteiger charge is -2.28. The van der Waals surface area contributed by atoms with Crippen LogP contribution in [0.25, 0.3) is 0 Å². The van der Waals surface area contributed by atoms with E-state index in [-0.39, 0.29) is 5.91 Å². The normalized spacial score (nSPS) is 13.7. The van der Waals surface area contributed by atoms with E-state index < -0.39 is 0 Å². The smallest absolute Gasteiger partial charge is 0.228 e. The number of carbonyl (C=O) groups is 1. The van der Waals surface area contributed by atoms with Gasteiger partial charge in [-0.3, -0.25) is 4.79 Å². The van der Waals surface area contributed by atoms with Crippen molar-refractivity contribution in [2.75, 3.05) is 18.4 Å². The zero-order chi connectivity index (χ0) is 16.2. The molecule has 0 atom stereocenters. The van der Waals surface area contributed by atoms with Gasteiger partial charge in [0.2, 0.25) is 5.91 Å². The summed E-state index contributed by atoms with van der Waals surface area (Å²) >= 11 is 1.63. The largest absolute Gasteiger partial charge is 0.369 e. The molecule has 7 heteroatoms. The number of hydrogen-bond acceptors (Lipinski definition) is 6. The molecule has 0 radical (unpaired) electrons. The fraction of sp³-hybridized carbons (Fsp3) is 0.500. The van der Waals surface area contributed by atoms with Crippen LogP contribution in [0.15, 0.2) is 11.4 Å². The number of anilines is 1. The SMILES string of the molecule is CCNc1cc2c(nn1)CCN(C(=O)Cc1csc(CC)n1)C2. The summed E-state index contributed by atoms with van der Waals surface area (Å²) in [5.74, 6) is 0.901. The molecule has 0 aliphatic carbocycles. The van der Waals surface area contributed by atoms with E-state index in [0.717, 1.165) is 47.2 Å². The second kappa shape index (κ2) is 7.04. The molecular weight excluding hydrogens is 310 g/mol. The van der Waals surface area contributed by atoms with E-state index in [4.69, 9.17) is 0 Å². The summed E-state index contributed by atoms with van der Waals surface area (Å²) in [7, 11) is 0. The van der Waals surface area contributed by atoms with E-state index in [1.54, 1.807) is 11.3 Å². The van der Waals surface area contributed by atoms with E-state index in [1.807, 2.05) is 23.3 Å². The molecule has 1 amide bonds. The molecule has 23 heavy (non-hydrogen) atoms. The Balaban J connectivity index is 1.67. The van der Waals surface area contributed by atoms with Gasteiger partial charge in [-0.25, -0.2) is 4.98 Å². The molecule has 2 aromatic heterocycles. The molecule has 0 fully saturated rings. The number of thiazole rings is 1. The van der Waals surface area contributed by atoms with Crippen LogP contribution < -0.4 is 5.32 Å². The van der Waals surface area contributed by atoms with E-state index in [1.165, 1.54) is 0 Å². The maximum atomic E-state index is 12.5. The van der Waals surface area contributed by atoms with Crippen LogP contribution in [0.4, 0.5) is 5.82 Å². The molecule has 0 unspecified atom stereocenters. The van der Waals surface area contributed by atoms with Crippen LogP contribution in [-0.4, -0.2) is 39.1 Å². The standard InChI is InChI=1S/C16H21N5OS/c1-3-15-18-12(10-23-15)8-16(22)21-6-5-13-11(9-21)7-14(17-4-2)20-19-13/h7,10H,3-6,8-9H2,1-2H3,(H,17,20). The summed E-state index contributed by atoms with van der Waals surface area (Å²) in [5, 5.41) is 14.7. The molecular formula is C16H21N5OS. The number of nitrogens with one attached hydrogen (secondary N) is 1. The number of rotatable bonds is 5. The molecule has 6 nitrogen and oxygen atoms in total. The van der Waals surface area contributed by atoms with Gasteiger partial charge in [0, 0.05) is 31.4 Å². The molecule has 1 aliphatic rings. The Morgan fingerprint density at radius 1 is 1.39 bits per heavy atom. The van der Waals surface area contributed by atoms with E-state index in [0.29, 0.717) is 19.5 Å². The van der Waals surface area contributed by atoms with Gasteiger partial charge < -0.3 is 10.2 Å². The Bertz CT molecular complexity index is 700. The van der Waals surface area contributed by atoms with E-state index >= 15 is 0 Å². The third-order valence-electron chi connectivity index (χ3n) is 3.88. The van der Waals surface area contributed by atoms with Crippen molar-refractivity contribution in [1.82, 2.24) is 20.1 Å². The van der Waals surface area contributed by atoms with Gasteiger partial charge in [-0.05, 0) is 25.0 Å². The molecule has 2 aromatic rings. The van der Waals surface area contributed by atoms with Gasteiger partial charge in [0.1, 0.15) is 5.82 Å². The van der Waals surface area contributed by atoms with Crippen molar-refractivity contribution in [1.29, 1.82) is 0 Å². The minimum absolute atomic E-state index is 0.130. The molecule has 3 heterocycles. The minimum Gasteiger partial charge on any atom is -0.369 e. The highest BCUT2D eigenvalue weighted by molar-refractivity contribution is 7.09. The van der Waals surface area contributed by atoms with Crippen molar-refractivity contribution in [3.8, 4) is 0 Å². The number of amides is 1. The molecule has 0 aromatic carbocycles. The number of hydrogen-bond donors (Lipinski definition) is 1. The van der Waals surface area contributed by atoms with Crippen molar-refractivity contribution in [3.05, 3.63) is 33.4 Å². The highest BCUT2D eigenvalue weighted by atomic mass is 32.1. The highest BCUT2D eigenvalue weighted by Gasteiger charge is 2.23. The van der Waals surface area contributed by atoms with Gasteiger partial charge in [0.15, 0.2) is 0 Å². The molecule has 122 valence electrons. The Hall–Kier alpha value is -2.02. The average molecular weight is 331 g/mol. The van der Waals surface area contributed by atoms with Crippen molar-refractivity contribution >= 4 is 23.1 Å². The number of fused-ring (bicyclic) bond motifs is 1. The second-order valence-corrected chi connectivity index (χ2v) is 6.50. The summed E-state index contributed by atoms with van der Waals surface area (Å²) < 4.78 is 0. The molecule has 1 N–H and O–H groups in total. The van der Waals surface area contributed by atoms with E-state index in [2.05, 4.69) is 27.4 Å². The second-order valence-electron chi connectivity index (χ2n) is 5.56. The van der Waals surface area contributed by atoms with Crippen molar-refractivity contribution in [2.24, 2.45) is 0 Å². The molecule has 0 bridgehead atoms. The number of aromatic nitrogens is 3. The molecule has 0 spiro atoms. The summed E-state index contributed by atoms with van der Waals surface area (Å²) in [5.41, 5.74) is 2.96. The van der Waals surface area contributed by atoms with Gasteiger partial charge in [-0.2, -0.15) is 5.10 Å². The molecule has 0 saturated heterocycles. The maximum Gasteiger partial charge on any atom is 0.228 e. The van der Waals surface area contributed by atoms with Crippen LogP contribution in [0.3, 0.4) is 0 Å². The number of aryl methyl sites for hydroxylation is 1. The van der Waals surface area contributed by atoms with Gasteiger partial charge in [0.25, 0.3) is 0 Å². The van der Waals surface area contributed by atoms with Crippen LogP contribution in [0.1, 0.15) is 35.8 Å². The Morgan fingerprint density at radius 3 is 3.00 bits per heavy atom. The first-order chi connectivity index (χ1) is 11.2. The molecule has 0 saturated carbocycles. The van der Waals surface area contributed by atoms with Crippen molar-refractivity contribution in [3.63, 3.8) is 0 Å². The maximum absolute atomic E-state index is 12.5. The van der Waals surface area contributed by atoms with E-state index in [9.17, 15) is 4.79 Å². The van der Waals surface area contributed by atoms with Gasteiger partial charge >= 0.3 is 0 Å². The van der Waals surface area contributed by atoms with Gasteiger partial charge in [0.05, 0.1) is 22.8 Å². The first kappa shape index (κ1) is 15.9. The molecule has 1 aliphatic heterocycles. The summed E-state index contributed by atoms with van der Waals surface area (Å²) in [6.07, 6.45) is 2.06. The van der Waals surface area contributed by atoms with Crippen molar-refractivity contribution < 1.29 is 4.79 Å². The third-order valence-corrected chi connectivity index (χ3v) is 4.93. The van der Waals surface area contributed by atoms with Gasteiger partial charge in [-0.1, -0.05) is 6.92 Å². The zero-order valence-electron chi connectivity index (χ0n) is 13.5. The molecule has 3 rings (SSSR count). The predicted molar refractivity (Wildman–Crippen MR) is 90.5 cm³/mol. The lowest BCUT2D eigenvalue weighted by molar-refractivity contribution is -0.131. The summed E-state index contributed by atoms with van der Waals surface area (Å²) in [6.45, 7) is 6.21. The quantitative estimate of drug-likeness (QED) is 0.908. The fourth-order valence-electron chi connectivity index (χ4n) is 2.67. The van der Waals surface area contributed by atoms with Crippen LogP contribution in [-0.2, 0) is 30.6 Å². The Morgan fingerprint density at radius 2 is 2.26 bits per heavy atom. The minimum atomic E-state index is 0.130. The van der Waals surface area contributed by atoms with Crippen LogP contribution in [0, 0.1) is 0 Å². The highest BCUT2D eigenvalue weighted by Crippen LogP contribution is 2.20. The van der Waals surface area contributed by atoms with Crippen LogP contribution >= 0.6 is 11.3 Å². The van der Waals surface area contributed by atoms with Crippen LogP contribution in [0.5, 0.6) is 0 Å². The van der Waals surface area contributed by atoms with Crippen LogP contribution in [0.2, 0.25) is 0 Å². The Labute approximate surface area is 140 Å². The first-order valence-corrected chi connectivity index (χ1v) is 8.88. The topological polar surface area (TPSA) is 71.0 Å². The monoisotopic (exact) mass is 331 g/mol. The predicted octanol–water partition coefficient (Wildman–Crippen LogP) is 2.05. The summed E-state index contributed by atoms with van der Waals surface area (Å²) in [6, 6.07) is 2.00.